The smallest absolute Gasteiger partial charge is 0.253 e. The zero-order valence-corrected chi connectivity index (χ0v) is 31.4. The number of rotatable bonds is 2. The van der Waals surface area contributed by atoms with Crippen molar-refractivity contribution in [3.63, 3.8) is 0 Å². The SMILES string of the molecule is c1ccc(-c2c(-c3ccccc3)n3c4c(c5ccccc5cc24)B2c4c-3ccc3c4-n4c5c2cccc5c2cccc(c24)C32c3ccccc3-c3ccccc32)cc1. The number of hydrogen-bond donors (Lipinski definition) is 0. The van der Waals surface area contributed by atoms with Crippen LogP contribution in [0.4, 0.5) is 0 Å². The third-order valence-electron chi connectivity index (χ3n) is 14.3. The Bertz CT molecular complexity index is 3640. The Labute approximate surface area is 335 Å². The number of nitrogens with zero attached hydrogens (tertiary/aromatic N) is 2. The minimum atomic E-state index is -0.480. The molecule has 3 heteroatoms. The second kappa shape index (κ2) is 10.1. The normalized spacial score (nSPS) is 14.3. The molecule has 58 heavy (non-hydrogen) atoms. The average molecular weight is 731 g/mol. The summed E-state index contributed by atoms with van der Waals surface area (Å²) in [7, 11) is 0. The van der Waals surface area contributed by atoms with E-state index >= 15 is 0 Å². The van der Waals surface area contributed by atoms with Gasteiger partial charge in [0.2, 0.25) is 0 Å². The van der Waals surface area contributed by atoms with E-state index in [0.717, 1.165) is 0 Å². The molecule has 264 valence electrons. The zero-order valence-electron chi connectivity index (χ0n) is 31.4. The van der Waals surface area contributed by atoms with Gasteiger partial charge in [0.1, 0.15) is 0 Å². The van der Waals surface area contributed by atoms with Gasteiger partial charge in [0.05, 0.1) is 22.1 Å². The summed E-state index contributed by atoms with van der Waals surface area (Å²) < 4.78 is 5.36. The molecule has 3 aliphatic heterocycles. The predicted octanol–water partition coefficient (Wildman–Crippen LogP) is 11.0. The number of fused-ring (bicyclic) bond motifs is 13. The fourth-order valence-corrected chi connectivity index (χ4v) is 12.4. The van der Waals surface area contributed by atoms with E-state index in [1.54, 1.807) is 0 Å². The standard InChI is InChI=1S/C55H31BN2/c1-3-15-32(16-4-1)47-40-31-34-19-7-8-20-35(34)48-53(40)57(50(47)33-17-5-2-6-18-33)46-30-29-44-54-49(46)56(48)45-28-14-24-39-38-23-13-27-43(51(38)58(54)52(39)45)55(44)41-25-11-9-21-36(41)37-22-10-12-26-42(37)55/h1-31H. The molecule has 0 fully saturated rings. The molecule has 2 nitrogen and oxygen atoms in total. The molecule has 2 aromatic heterocycles. The van der Waals surface area contributed by atoms with Gasteiger partial charge in [-0.1, -0.05) is 176 Å². The number of para-hydroxylation sites is 2. The molecule has 4 aliphatic rings. The van der Waals surface area contributed by atoms with E-state index < -0.39 is 5.41 Å². The lowest BCUT2D eigenvalue weighted by molar-refractivity contribution is 0.749. The summed E-state index contributed by atoms with van der Waals surface area (Å²) in [5, 5.41) is 6.57. The lowest BCUT2D eigenvalue weighted by Gasteiger charge is -2.44. The van der Waals surface area contributed by atoms with Gasteiger partial charge < -0.3 is 9.13 Å². The van der Waals surface area contributed by atoms with Crippen molar-refractivity contribution in [3.05, 3.63) is 210 Å². The highest BCUT2D eigenvalue weighted by atomic mass is 15.1. The van der Waals surface area contributed by atoms with Crippen LogP contribution in [-0.2, 0) is 5.41 Å². The van der Waals surface area contributed by atoms with Crippen LogP contribution in [0.1, 0.15) is 22.3 Å². The summed E-state index contributed by atoms with van der Waals surface area (Å²) in [6, 6.07) is 71.4. The minimum Gasteiger partial charge on any atom is -0.310 e. The first-order chi connectivity index (χ1) is 28.8. The first kappa shape index (κ1) is 29.9. The third kappa shape index (κ3) is 3.17. The monoisotopic (exact) mass is 730 g/mol. The molecule has 1 aliphatic carbocycles. The molecule has 0 saturated carbocycles. The Morgan fingerprint density at radius 3 is 1.79 bits per heavy atom. The second-order valence-corrected chi connectivity index (χ2v) is 16.6. The van der Waals surface area contributed by atoms with Crippen LogP contribution in [-0.4, -0.2) is 15.8 Å². The first-order valence-electron chi connectivity index (χ1n) is 20.5. The lowest BCUT2D eigenvalue weighted by atomic mass is 9.33. The highest BCUT2D eigenvalue weighted by molar-refractivity contribution is 7.01. The Morgan fingerprint density at radius 2 is 1.02 bits per heavy atom. The van der Waals surface area contributed by atoms with Crippen LogP contribution in [0.5, 0.6) is 0 Å². The molecule has 11 aromatic rings. The summed E-state index contributed by atoms with van der Waals surface area (Å²) in [4.78, 5) is 0. The Kier molecular flexibility index (Phi) is 5.22. The van der Waals surface area contributed by atoms with E-state index in [1.807, 2.05) is 0 Å². The van der Waals surface area contributed by atoms with Gasteiger partial charge in [-0.3, -0.25) is 0 Å². The van der Waals surface area contributed by atoms with Crippen molar-refractivity contribution in [3.8, 4) is 44.9 Å². The molecule has 0 radical (unpaired) electrons. The van der Waals surface area contributed by atoms with E-state index in [2.05, 4.69) is 197 Å². The van der Waals surface area contributed by atoms with Crippen LogP contribution < -0.4 is 16.4 Å². The molecule has 0 atom stereocenters. The van der Waals surface area contributed by atoms with Crippen molar-refractivity contribution in [1.29, 1.82) is 0 Å². The highest BCUT2D eigenvalue weighted by Gasteiger charge is 2.54. The maximum absolute atomic E-state index is 2.70. The van der Waals surface area contributed by atoms with Gasteiger partial charge in [0.25, 0.3) is 6.71 Å². The largest absolute Gasteiger partial charge is 0.310 e. The topological polar surface area (TPSA) is 9.86 Å². The Balaban J connectivity index is 1.23. The van der Waals surface area contributed by atoms with Crippen molar-refractivity contribution in [2.24, 2.45) is 0 Å². The zero-order chi connectivity index (χ0) is 37.4. The highest BCUT2D eigenvalue weighted by Crippen LogP contribution is 2.61. The number of benzene rings is 9. The van der Waals surface area contributed by atoms with E-state index in [9.17, 15) is 0 Å². The maximum atomic E-state index is 2.70. The van der Waals surface area contributed by atoms with Gasteiger partial charge in [0.15, 0.2) is 0 Å². The van der Waals surface area contributed by atoms with E-state index in [0.29, 0.717) is 0 Å². The van der Waals surface area contributed by atoms with Crippen LogP contribution >= 0.6 is 0 Å². The molecular weight excluding hydrogens is 699 g/mol. The minimum absolute atomic E-state index is 0.0270. The Morgan fingerprint density at radius 1 is 0.397 bits per heavy atom. The van der Waals surface area contributed by atoms with Gasteiger partial charge in [-0.15, -0.1) is 0 Å². The van der Waals surface area contributed by atoms with Crippen LogP contribution in [0.3, 0.4) is 0 Å². The van der Waals surface area contributed by atoms with Gasteiger partial charge in [-0.05, 0) is 83.8 Å². The molecule has 15 rings (SSSR count). The summed E-state index contributed by atoms with van der Waals surface area (Å²) in [6.07, 6.45) is 0. The molecule has 5 heterocycles. The van der Waals surface area contributed by atoms with E-state index in [-0.39, 0.29) is 6.71 Å². The van der Waals surface area contributed by atoms with Crippen LogP contribution in [0.15, 0.2) is 188 Å². The summed E-state index contributed by atoms with van der Waals surface area (Å²) in [5.74, 6) is 0. The van der Waals surface area contributed by atoms with Crippen molar-refractivity contribution in [2.45, 2.75) is 5.41 Å². The average Bonchev–Trinajstić information content (AvgIpc) is 3.92. The van der Waals surface area contributed by atoms with Crippen LogP contribution in [0.25, 0.3) is 88.4 Å². The van der Waals surface area contributed by atoms with Gasteiger partial charge in [-0.2, -0.15) is 0 Å². The summed E-state index contributed by atoms with van der Waals surface area (Å²) in [6.45, 7) is 0.0270. The van der Waals surface area contributed by atoms with Crippen molar-refractivity contribution >= 4 is 66.6 Å². The molecule has 0 unspecified atom stereocenters. The summed E-state index contributed by atoms with van der Waals surface area (Å²) in [5.41, 5.74) is 23.5. The first-order valence-corrected chi connectivity index (χ1v) is 20.5. The maximum Gasteiger partial charge on any atom is 0.253 e. The molecule has 0 bridgehead atoms. The lowest BCUT2D eigenvalue weighted by Crippen LogP contribution is -2.60. The fourth-order valence-electron chi connectivity index (χ4n) is 12.4. The van der Waals surface area contributed by atoms with Crippen molar-refractivity contribution < 1.29 is 0 Å². The molecule has 9 aromatic carbocycles. The molecular formula is C55H31BN2. The molecule has 0 amide bonds. The predicted molar refractivity (Wildman–Crippen MR) is 242 cm³/mol. The summed E-state index contributed by atoms with van der Waals surface area (Å²) >= 11 is 0. The quantitative estimate of drug-likeness (QED) is 0.157. The third-order valence-corrected chi connectivity index (χ3v) is 14.3. The van der Waals surface area contributed by atoms with Crippen LogP contribution in [0.2, 0.25) is 0 Å². The van der Waals surface area contributed by atoms with Crippen molar-refractivity contribution in [1.82, 2.24) is 9.13 Å². The van der Waals surface area contributed by atoms with Gasteiger partial charge in [-0.25, -0.2) is 0 Å². The van der Waals surface area contributed by atoms with Crippen molar-refractivity contribution in [2.75, 3.05) is 0 Å². The molecule has 0 saturated heterocycles. The van der Waals surface area contributed by atoms with E-state index in [1.165, 1.54) is 127 Å². The second-order valence-electron chi connectivity index (χ2n) is 16.6. The molecule has 0 N–H and O–H groups in total. The fraction of sp³-hybridized carbons (Fsp3) is 0.0182. The number of aromatic nitrogens is 2. The van der Waals surface area contributed by atoms with Gasteiger partial charge >= 0.3 is 0 Å². The van der Waals surface area contributed by atoms with Crippen LogP contribution in [0, 0.1) is 0 Å². The Hall–Kier alpha value is -7.36. The van der Waals surface area contributed by atoms with Gasteiger partial charge in [0, 0.05) is 38.6 Å². The van der Waals surface area contributed by atoms with E-state index in [4.69, 9.17) is 0 Å². The molecule has 1 spiro atoms. The number of hydrogen-bond acceptors (Lipinski definition) is 0.